The molecule has 0 radical (unpaired) electrons. The summed E-state index contributed by atoms with van der Waals surface area (Å²) in [5, 5.41) is 9.15. The van der Waals surface area contributed by atoms with E-state index in [4.69, 9.17) is 11.6 Å². The first-order chi connectivity index (χ1) is 7.66. The number of hydrogen-bond acceptors (Lipinski definition) is 5. The van der Waals surface area contributed by atoms with Gasteiger partial charge < -0.3 is 5.32 Å². The van der Waals surface area contributed by atoms with Crippen LogP contribution in [0.2, 0.25) is 5.28 Å². The molecular weight excluding hydrogens is 235 g/mol. The number of H-pyrrole nitrogens is 1. The van der Waals surface area contributed by atoms with Crippen molar-refractivity contribution >= 4 is 17.4 Å². The first-order valence-electron chi connectivity index (χ1n) is 4.46. The van der Waals surface area contributed by atoms with Gasteiger partial charge in [-0.1, -0.05) is 0 Å². The maximum absolute atomic E-state index is 13.3. The van der Waals surface area contributed by atoms with E-state index in [1.165, 1.54) is 6.33 Å². The van der Waals surface area contributed by atoms with Crippen LogP contribution in [0.5, 0.6) is 0 Å². The van der Waals surface area contributed by atoms with Gasteiger partial charge in [0, 0.05) is 0 Å². The fourth-order valence-electron chi connectivity index (χ4n) is 1.14. The summed E-state index contributed by atoms with van der Waals surface area (Å²) in [6.45, 7) is 1.79. The van der Waals surface area contributed by atoms with Crippen molar-refractivity contribution in [3.8, 4) is 0 Å². The van der Waals surface area contributed by atoms with Gasteiger partial charge in [0.25, 0.3) is 0 Å². The van der Waals surface area contributed by atoms with E-state index in [2.05, 4.69) is 30.5 Å². The summed E-state index contributed by atoms with van der Waals surface area (Å²) in [7, 11) is 0. The molecule has 0 aromatic carbocycles. The minimum Gasteiger partial charge on any atom is -0.358 e. The summed E-state index contributed by atoms with van der Waals surface area (Å²) >= 11 is 5.56. The Morgan fingerprint density at radius 3 is 3.00 bits per heavy atom. The Balaban J connectivity index is 2.17. The van der Waals surface area contributed by atoms with E-state index in [9.17, 15) is 4.39 Å². The Labute approximate surface area is 95.3 Å². The molecule has 0 bridgehead atoms. The third-order valence-electron chi connectivity index (χ3n) is 1.91. The molecule has 1 atom stereocenters. The van der Waals surface area contributed by atoms with E-state index in [1.54, 1.807) is 6.92 Å². The third-order valence-corrected chi connectivity index (χ3v) is 2.09. The Hall–Kier alpha value is -1.76. The number of anilines is 1. The summed E-state index contributed by atoms with van der Waals surface area (Å²) in [6, 6.07) is -0.261. The summed E-state index contributed by atoms with van der Waals surface area (Å²) in [5.74, 6) is 0.0359. The fraction of sp³-hybridized carbons (Fsp3) is 0.250. The first kappa shape index (κ1) is 10.7. The van der Waals surface area contributed by atoms with E-state index in [1.807, 2.05) is 0 Å². The summed E-state index contributed by atoms with van der Waals surface area (Å²) in [5.41, 5.74) is 0. The highest BCUT2D eigenvalue weighted by Gasteiger charge is 2.12. The maximum Gasteiger partial charge on any atom is 0.224 e. The van der Waals surface area contributed by atoms with E-state index in [-0.39, 0.29) is 17.1 Å². The number of hydrogen-bond donors (Lipinski definition) is 2. The highest BCUT2D eigenvalue weighted by atomic mass is 35.5. The van der Waals surface area contributed by atoms with Gasteiger partial charge in [-0.25, -0.2) is 14.4 Å². The van der Waals surface area contributed by atoms with Crippen molar-refractivity contribution in [1.29, 1.82) is 0 Å². The Kier molecular flexibility index (Phi) is 2.95. The van der Waals surface area contributed by atoms with Gasteiger partial charge in [0.1, 0.15) is 12.2 Å². The number of aromatic nitrogens is 5. The zero-order valence-electron chi connectivity index (χ0n) is 8.28. The topological polar surface area (TPSA) is 79.4 Å². The molecule has 2 N–H and O–H groups in total. The summed E-state index contributed by atoms with van der Waals surface area (Å²) in [4.78, 5) is 11.2. The molecule has 2 rings (SSSR count). The Bertz CT molecular complexity index is 473. The molecule has 2 heterocycles. The molecule has 0 amide bonds. The van der Waals surface area contributed by atoms with Crippen molar-refractivity contribution in [3.05, 3.63) is 29.4 Å². The quantitative estimate of drug-likeness (QED) is 0.799. The van der Waals surface area contributed by atoms with Gasteiger partial charge >= 0.3 is 0 Å². The molecular formula is C8H8ClFN6. The molecule has 84 valence electrons. The molecule has 0 fully saturated rings. The summed E-state index contributed by atoms with van der Waals surface area (Å²) < 4.78 is 13.3. The van der Waals surface area contributed by atoms with Gasteiger partial charge in [-0.2, -0.15) is 10.1 Å². The standard InChI is InChI=1S/C8H8ClFN6/c1-4(6-12-3-13-16-6)14-7-5(10)2-11-8(9)15-7/h2-4H,1H3,(H,11,14,15)(H,12,13,16). The van der Waals surface area contributed by atoms with Crippen LogP contribution in [0.25, 0.3) is 0 Å². The number of nitrogens with zero attached hydrogens (tertiary/aromatic N) is 4. The molecule has 2 aromatic rings. The second-order valence-electron chi connectivity index (χ2n) is 3.07. The van der Waals surface area contributed by atoms with Crippen molar-refractivity contribution in [2.24, 2.45) is 0 Å². The zero-order chi connectivity index (χ0) is 11.5. The van der Waals surface area contributed by atoms with Gasteiger partial charge in [-0.3, -0.25) is 5.10 Å². The van der Waals surface area contributed by atoms with Crippen LogP contribution in [0.4, 0.5) is 10.2 Å². The van der Waals surface area contributed by atoms with Crippen LogP contribution in [0.1, 0.15) is 18.8 Å². The molecule has 1 unspecified atom stereocenters. The van der Waals surface area contributed by atoms with Crippen molar-refractivity contribution < 1.29 is 4.39 Å². The van der Waals surface area contributed by atoms with Crippen LogP contribution >= 0.6 is 11.6 Å². The predicted octanol–water partition coefficient (Wildman–Crippen LogP) is 1.56. The SMILES string of the molecule is CC(Nc1nc(Cl)ncc1F)c1ncn[nH]1. The number of halogens is 2. The van der Waals surface area contributed by atoms with E-state index >= 15 is 0 Å². The minimum atomic E-state index is -0.573. The van der Waals surface area contributed by atoms with Crippen LogP contribution in [-0.2, 0) is 0 Å². The van der Waals surface area contributed by atoms with Crippen molar-refractivity contribution in [2.45, 2.75) is 13.0 Å². The second kappa shape index (κ2) is 4.40. The Morgan fingerprint density at radius 2 is 2.31 bits per heavy atom. The molecule has 8 heteroatoms. The fourth-order valence-corrected chi connectivity index (χ4v) is 1.28. The van der Waals surface area contributed by atoms with Gasteiger partial charge in [0.15, 0.2) is 11.6 Å². The summed E-state index contributed by atoms with van der Waals surface area (Å²) in [6.07, 6.45) is 2.38. The Morgan fingerprint density at radius 1 is 1.50 bits per heavy atom. The van der Waals surface area contributed by atoms with E-state index in [0.29, 0.717) is 5.82 Å². The largest absolute Gasteiger partial charge is 0.358 e. The lowest BCUT2D eigenvalue weighted by molar-refractivity contribution is 0.612. The molecule has 0 aliphatic rings. The molecule has 0 aliphatic carbocycles. The first-order valence-corrected chi connectivity index (χ1v) is 4.84. The smallest absolute Gasteiger partial charge is 0.224 e. The van der Waals surface area contributed by atoms with Crippen LogP contribution in [0.3, 0.4) is 0 Å². The van der Waals surface area contributed by atoms with Crippen LogP contribution < -0.4 is 5.32 Å². The lowest BCUT2D eigenvalue weighted by Gasteiger charge is -2.11. The van der Waals surface area contributed by atoms with Gasteiger partial charge in [0.05, 0.1) is 12.2 Å². The minimum absolute atomic E-state index is 0.0198. The van der Waals surface area contributed by atoms with Crippen LogP contribution in [0, 0.1) is 5.82 Å². The van der Waals surface area contributed by atoms with Gasteiger partial charge in [0.2, 0.25) is 5.28 Å². The van der Waals surface area contributed by atoms with E-state index < -0.39 is 5.82 Å². The lowest BCUT2D eigenvalue weighted by atomic mass is 10.3. The number of nitrogens with one attached hydrogen (secondary N) is 2. The van der Waals surface area contributed by atoms with Gasteiger partial charge in [-0.15, -0.1) is 0 Å². The maximum atomic E-state index is 13.3. The molecule has 0 saturated heterocycles. The van der Waals surface area contributed by atoms with Crippen molar-refractivity contribution in [2.75, 3.05) is 5.32 Å². The van der Waals surface area contributed by atoms with Crippen LogP contribution in [0.15, 0.2) is 12.5 Å². The average Bonchev–Trinajstić information content (AvgIpc) is 2.76. The monoisotopic (exact) mass is 242 g/mol. The molecule has 6 nitrogen and oxygen atoms in total. The highest BCUT2D eigenvalue weighted by Crippen LogP contribution is 2.17. The van der Waals surface area contributed by atoms with Crippen LogP contribution in [-0.4, -0.2) is 25.1 Å². The lowest BCUT2D eigenvalue weighted by Crippen LogP contribution is -2.11. The van der Waals surface area contributed by atoms with Gasteiger partial charge in [-0.05, 0) is 18.5 Å². The second-order valence-corrected chi connectivity index (χ2v) is 3.41. The number of aromatic amines is 1. The average molecular weight is 243 g/mol. The highest BCUT2D eigenvalue weighted by molar-refractivity contribution is 6.28. The molecule has 0 saturated carbocycles. The molecule has 2 aromatic heterocycles. The zero-order valence-corrected chi connectivity index (χ0v) is 9.03. The number of rotatable bonds is 3. The normalized spacial score (nSPS) is 12.4. The van der Waals surface area contributed by atoms with Crippen molar-refractivity contribution in [1.82, 2.24) is 25.1 Å². The van der Waals surface area contributed by atoms with Crippen molar-refractivity contribution in [3.63, 3.8) is 0 Å². The molecule has 0 spiro atoms. The van der Waals surface area contributed by atoms with E-state index in [0.717, 1.165) is 6.20 Å². The predicted molar refractivity (Wildman–Crippen MR) is 55.4 cm³/mol. The molecule has 16 heavy (non-hydrogen) atoms. The molecule has 0 aliphatic heterocycles. The third kappa shape index (κ3) is 2.25.